The highest BCUT2D eigenvalue weighted by molar-refractivity contribution is 4.81. The van der Waals surface area contributed by atoms with E-state index in [-0.39, 0.29) is 0 Å². The van der Waals surface area contributed by atoms with Gasteiger partial charge in [-0.3, -0.25) is 0 Å². The Morgan fingerprint density at radius 1 is 1.15 bits per heavy atom. The number of ether oxygens (including phenoxy) is 1. The number of methoxy groups -OCH3 is 1. The molecule has 0 heterocycles. The zero-order valence-electron chi connectivity index (χ0n) is 9.38. The van der Waals surface area contributed by atoms with Gasteiger partial charge in [0.05, 0.1) is 13.4 Å². The van der Waals surface area contributed by atoms with Gasteiger partial charge in [0, 0.05) is 0 Å². The molecule has 0 amide bonds. The Bertz CT molecular complexity index is 118. The second-order valence-corrected chi connectivity index (χ2v) is 3.58. The maximum atomic E-state index is 4.92. The van der Waals surface area contributed by atoms with Crippen LogP contribution in [0.2, 0.25) is 0 Å². The van der Waals surface area contributed by atoms with Crippen molar-refractivity contribution in [2.24, 2.45) is 5.92 Å². The van der Waals surface area contributed by atoms with E-state index in [2.05, 4.69) is 19.9 Å². The van der Waals surface area contributed by atoms with Crippen molar-refractivity contribution in [2.75, 3.05) is 7.11 Å². The lowest BCUT2D eigenvalue weighted by Gasteiger charge is -2.08. The molecule has 0 aromatic carbocycles. The Kier molecular flexibility index (Phi) is 9.29. The Labute approximate surface area is 83.2 Å². The maximum absolute atomic E-state index is 4.92. The Morgan fingerprint density at radius 3 is 2.46 bits per heavy atom. The Balaban J connectivity index is 3.42. The average molecular weight is 184 g/mol. The van der Waals surface area contributed by atoms with Crippen LogP contribution < -0.4 is 0 Å². The van der Waals surface area contributed by atoms with Crippen LogP contribution in [-0.2, 0) is 4.74 Å². The summed E-state index contributed by atoms with van der Waals surface area (Å²) >= 11 is 0. The first-order chi connectivity index (χ1) is 6.35. The molecule has 0 aromatic rings. The molecule has 1 atom stereocenters. The molecule has 0 bridgehead atoms. The van der Waals surface area contributed by atoms with Crippen molar-refractivity contribution in [1.82, 2.24) is 0 Å². The summed E-state index contributed by atoms with van der Waals surface area (Å²) in [5.74, 6) is 0.719. The lowest BCUT2D eigenvalue weighted by Crippen LogP contribution is -1.94. The molecule has 0 saturated heterocycles. The third kappa shape index (κ3) is 7.89. The predicted octanol–water partition coefficient (Wildman–Crippen LogP) is 4.14. The van der Waals surface area contributed by atoms with Crippen LogP contribution in [0.15, 0.2) is 12.3 Å². The van der Waals surface area contributed by atoms with Gasteiger partial charge in [0.25, 0.3) is 0 Å². The van der Waals surface area contributed by atoms with E-state index in [1.54, 1.807) is 7.11 Å². The normalized spacial score (nSPS) is 13.5. The summed E-state index contributed by atoms with van der Waals surface area (Å²) in [6, 6.07) is 0. The molecular weight excluding hydrogens is 160 g/mol. The van der Waals surface area contributed by atoms with E-state index in [1.165, 1.54) is 38.5 Å². The fraction of sp³-hybridized carbons (Fsp3) is 0.833. The third-order valence-electron chi connectivity index (χ3n) is 2.44. The lowest BCUT2D eigenvalue weighted by atomic mass is 9.98. The molecule has 0 saturated carbocycles. The van der Waals surface area contributed by atoms with Crippen LogP contribution in [0.4, 0.5) is 0 Å². The van der Waals surface area contributed by atoms with Crippen molar-refractivity contribution in [3.05, 3.63) is 12.3 Å². The molecule has 0 aliphatic carbocycles. The molecule has 13 heavy (non-hydrogen) atoms. The van der Waals surface area contributed by atoms with E-state index < -0.39 is 0 Å². The van der Waals surface area contributed by atoms with Gasteiger partial charge in [-0.1, -0.05) is 39.5 Å². The molecule has 0 radical (unpaired) electrons. The number of hydrogen-bond donors (Lipinski definition) is 0. The first kappa shape index (κ1) is 12.5. The number of allylic oxidation sites excluding steroid dienone is 1. The second-order valence-electron chi connectivity index (χ2n) is 3.58. The van der Waals surface area contributed by atoms with Crippen LogP contribution in [0, 0.1) is 5.92 Å². The summed E-state index contributed by atoms with van der Waals surface area (Å²) in [5, 5.41) is 0. The molecule has 0 aliphatic heterocycles. The van der Waals surface area contributed by atoms with E-state index in [4.69, 9.17) is 4.74 Å². The van der Waals surface area contributed by atoms with Gasteiger partial charge < -0.3 is 4.74 Å². The second kappa shape index (κ2) is 9.63. The zero-order chi connectivity index (χ0) is 9.94. The van der Waals surface area contributed by atoms with Crippen molar-refractivity contribution in [1.29, 1.82) is 0 Å². The van der Waals surface area contributed by atoms with Crippen molar-refractivity contribution in [2.45, 2.75) is 52.4 Å². The molecular formula is C12H24O. The largest absolute Gasteiger partial charge is 0.505 e. The van der Waals surface area contributed by atoms with E-state index >= 15 is 0 Å². The molecule has 0 aliphatic rings. The van der Waals surface area contributed by atoms with Crippen molar-refractivity contribution in [3.63, 3.8) is 0 Å². The van der Waals surface area contributed by atoms with Crippen LogP contribution in [0.1, 0.15) is 52.4 Å². The van der Waals surface area contributed by atoms with E-state index in [0.29, 0.717) is 0 Å². The number of rotatable bonds is 8. The zero-order valence-corrected chi connectivity index (χ0v) is 9.38. The van der Waals surface area contributed by atoms with E-state index in [1.807, 2.05) is 6.26 Å². The maximum Gasteiger partial charge on any atom is 0.0787 e. The van der Waals surface area contributed by atoms with Crippen molar-refractivity contribution in [3.8, 4) is 0 Å². The minimum absolute atomic E-state index is 0.719. The molecule has 1 heteroatoms. The van der Waals surface area contributed by atoms with Crippen LogP contribution >= 0.6 is 0 Å². The monoisotopic (exact) mass is 184 g/mol. The van der Waals surface area contributed by atoms with Gasteiger partial charge in [0.1, 0.15) is 0 Å². The molecule has 1 nitrogen and oxygen atoms in total. The molecule has 0 rings (SSSR count). The first-order valence-electron chi connectivity index (χ1n) is 5.54. The van der Waals surface area contributed by atoms with Gasteiger partial charge in [-0.25, -0.2) is 0 Å². The summed E-state index contributed by atoms with van der Waals surface area (Å²) < 4.78 is 4.92. The topological polar surface area (TPSA) is 9.23 Å². The van der Waals surface area contributed by atoms with Gasteiger partial charge in [-0.05, 0) is 24.8 Å². The standard InChI is InChI=1S/C12H24O/c1-4-6-7-8-9-12(5-2)10-11-13-3/h10-12H,4-9H2,1-3H3. The van der Waals surface area contributed by atoms with Crippen molar-refractivity contribution >= 4 is 0 Å². The van der Waals surface area contributed by atoms with Gasteiger partial charge in [-0.2, -0.15) is 0 Å². The molecule has 78 valence electrons. The summed E-state index contributed by atoms with van der Waals surface area (Å²) in [6.07, 6.45) is 12.0. The summed E-state index contributed by atoms with van der Waals surface area (Å²) in [6.45, 7) is 4.49. The van der Waals surface area contributed by atoms with Crippen LogP contribution in [0.3, 0.4) is 0 Å². The predicted molar refractivity (Wildman–Crippen MR) is 58.7 cm³/mol. The Hall–Kier alpha value is -0.460. The van der Waals surface area contributed by atoms with Gasteiger partial charge in [0.2, 0.25) is 0 Å². The smallest absolute Gasteiger partial charge is 0.0787 e. The molecule has 0 fully saturated rings. The van der Waals surface area contributed by atoms with Crippen LogP contribution in [0.25, 0.3) is 0 Å². The summed E-state index contributed by atoms with van der Waals surface area (Å²) in [5.41, 5.74) is 0. The minimum atomic E-state index is 0.719. The molecule has 1 unspecified atom stereocenters. The molecule has 0 aromatic heterocycles. The van der Waals surface area contributed by atoms with Gasteiger partial charge in [0.15, 0.2) is 0 Å². The fourth-order valence-corrected chi connectivity index (χ4v) is 1.46. The molecule has 0 spiro atoms. The highest BCUT2D eigenvalue weighted by atomic mass is 16.5. The molecule has 0 N–H and O–H groups in total. The van der Waals surface area contributed by atoms with Crippen LogP contribution in [0.5, 0.6) is 0 Å². The highest BCUT2D eigenvalue weighted by Gasteiger charge is 2.00. The van der Waals surface area contributed by atoms with Gasteiger partial charge >= 0.3 is 0 Å². The minimum Gasteiger partial charge on any atom is -0.505 e. The quantitative estimate of drug-likeness (QED) is 0.407. The highest BCUT2D eigenvalue weighted by Crippen LogP contribution is 2.15. The number of unbranched alkanes of at least 4 members (excludes halogenated alkanes) is 3. The first-order valence-corrected chi connectivity index (χ1v) is 5.54. The summed E-state index contributed by atoms with van der Waals surface area (Å²) in [4.78, 5) is 0. The SMILES string of the molecule is CCCCCCC(C=COC)CC. The van der Waals surface area contributed by atoms with Gasteiger partial charge in [-0.15, -0.1) is 0 Å². The summed E-state index contributed by atoms with van der Waals surface area (Å²) in [7, 11) is 1.71. The average Bonchev–Trinajstić information content (AvgIpc) is 2.17. The van der Waals surface area contributed by atoms with Crippen LogP contribution in [-0.4, -0.2) is 7.11 Å². The van der Waals surface area contributed by atoms with E-state index in [0.717, 1.165) is 5.92 Å². The fourth-order valence-electron chi connectivity index (χ4n) is 1.46. The lowest BCUT2D eigenvalue weighted by molar-refractivity contribution is 0.332. The number of hydrogen-bond acceptors (Lipinski definition) is 1. The van der Waals surface area contributed by atoms with Crippen molar-refractivity contribution < 1.29 is 4.74 Å². The van der Waals surface area contributed by atoms with E-state index in [9.17, 15) is 0 Å². The third-order valence-corrected chi connectivity index (χ3v) is 2.44. The Morgan fingerprint density at radius 2 is 1.92 bits per heavy atom.